The second-order valence-electron chi connectivity index (χ2n) is 6.44. The van der Waals surface area contributed by atoms with E-state index in [1.165, 1.54) is 0 Å². The van der Waals surface area contributed by atoms with E-state index in [-0.39, 0.29) is 24.0 Å². The van der Waals surface area contributed by atoms with Crippen molar-refractivity contribution in [2.75, 3.05) is 33.4 Å². The van der Waals surface area contributed by atoms with Crippen LogP contribution in [-0.2, 0) is 19.1 Å². The number of guanidine groups is 1. The fraction of sp³-hybridized carbons (Fsp3) is 0.474. The molecule has 0 fully saturated rings. The number of alkyl halides is 3. The molecule has 2 aromatic rings. The number of aliphatic imine (C=N–C) groups is 1. The first kappa shape index (κ1) is 24.5. The van der Waals surface area contributed by atoms with Crippen molar-refractivity contribution < 1.29 is 22.6 Å². The standard InChI is InChI=1S/C19H23F3N4O2S.HI/c1-3-23-18(24-7-6-17-25-16(12-29-17)19(20,21)22)26(2)11-13-4-5-14-15(10-13)28-9-8-27-14;/h4-5,10,12H,3,6-9,11H2,1-2H3,(H,23,24);1H. The van der Waals surface area contributed by atoms with Crippen LogP contribution < -0.4 is 14.8 Å². The van der Waals surface area contributed by atoms with Gasteiger partial charge in [-0.25, -0.2) is 4.98 Å². The summed E-state index contributed by atoms with van der Waals surface area (Å²) >= 11 is 1.01. The van der Waals surface area contributed by atoms with E-state index in [2.05, 4.69) is 15.3 Å². The normalized spacial score (nSPS) is 13.6. The Kier molecular flexibility index (Phi) is 9.01. The minimum atomic E-state index is -4.41. The van der Waals surface area contributed by atoms with Gasteiger partial charge in [-0.3, -0.25) is 4.99 Å². The van der Waals surface area contributed by atoms with Crippen molar-refractivity contribution in [3.63, 3.8) is 0 Å². The largest absolute Gasteiger partial charge is 0.486 e. The molecule has 0 saturated heterocycles. The number of benzene rings is 1. The molecule has 0 aliphatic carbocycles. The van der Waals surface area contributed by atoms with Crippen molar-refractivity contribution in [2.45, 2.75) is 26.1 Å². The summed E-state index contributed by atoms with van der Waals surface area (Å²) < 4.78 is 49.1. The van der Waals surface area contributed by atoms with Gasteiger partial charge in [-0.05, 0) is 24.6 Å². The van der Waals surface area contributed by atoms with Gasteiger partial charge in [-0.15, -0.1) is 35.3 Å². The van der Waals surface area contributed by atoms with E-state index >= 15 is 0 Å². The van der Waals surface area contributed by atoms with Gasteiger partial charge in [0.15, 0.2) is 23.2 Å². The Morgan fingerprint density at radius 3 is 2.67 bits per heavy atom. The van der Waals surface area contributed by atoms with Crippen molar-refractivity contribution in [3.8, 4) is 11.5 Å². The molecular weight excluding hydrogens is 532 g/mol. The lowest BCUT2D eigenvalue weighted by atomic mass is 10.2. The minimum absolute atomic E-state index is 0. The van der Waals surface area contributed by atoms with Crippen LogP contribution >= 0.6 is 35.3 Å². The van der Waals surface area contributed by atoms with Gasteiger partial charge >= 0.3 is 6.18 Å². The van der Waals surface area contributed by atoms with Crippen LogP contribution in [0.3, 0.4) is 0 Å². The molecule has 1 aliphatic heterocycles. The summed E-state index contributed by atoms with van der Waals surface area (Å²) in [6.45, 7) is 4.66. The molecule has 0 amide bonds. The summed E-state index contributed by atoms with van der Waals surface area (Å²) in [5.41, 5.74) is 0.196. The molecule has 0 atom stereocenters. The Labute approximate surface area is 194 Å². The van der Waals surface area contributed by atoms with E-state index in [4.69, 9.17) is 9.47 Å². The molecule has 1 aliphatic rings. The topological polar surface area (TPSA) is 59.0 Å². The Morgan fingerprint density at radius 1 is 1.27 bits per heavy atom. The first-order valence-corrected chi connectivity index (χ1v) is 10.1. The predicted molar refractivity (Wildman–Crippen MR) is 121 cm³/mol. The van der Waals surface area contributed by atoms with E-state index in [0.717, 1.165) is 33.8 Å². The summed E-state index contributed by atoms with van der Waals surface area (Å²) in [4.78, 5) is 10.1. The lowest BCUT2D eigenvalue weighted by molar-refractivity contribution is -0.140. The zero-order valence-electron chi connectivity index (χ0n) is 16.7. The molecule has 30 heavy (non-hydrogen) atoms. The number of aromatic nitrogens is 1. The van der Waals surface area contributed by atoms with Crippen LogP contribution in [0.2, 0.25) is 0 Å². The Bertz CT molecular complexity index is 861. The van der Waals surface area contributed by atoms with E-state index < -0.39 is 11.9 Å². The average molecular weight is 556 g/mol. The highest BCUT2D eigenvalue weighted by molar-refractivity contribution is 14.0. The molecule has 6 nitrogen and oxygen atoms in total. The number of halogens is 4. The third-order valence-corrected chi connectivity index (χ3v) is 5.06. The van der Waals surface area contributed by atoms with E-state index in [9.17, 15) is 13.2 Å². The Morgan fingerprint density at radius 2 is 2.00 bits per heavy atom. The molecule has 0 saturated carbocycles. The Balaban J connectivity index is 0.00000320. The summed E-state index contributed by atoms with van der Waals surface area (Å²) in [6, 6.07) is 5.81. The third kappa shape index (κ3) is 6.62. The molecular formula is C19H24F3IN4O2S. The molecule has 0 spiro atoms. The van der Waals surface area contributed by atoms with Crippen LogP contribution in [0.4, 0.5) is 13.2 Å². The summed E-state index contributed by atoms with van der Waals surface area (Å²) in [7, 11) is 1.91. The number of rotatable bonds is 6. The number of nitrogens with zero attached hydrogens (tertiary/aromatic N) is 3. The van der Waals surface area contributed by atoms with Crippen LogP contribution in [0.15, 0.2) is 28.6 Å². The molecule has 0 unspecified atom stereocenters. The molecule has 0 radical (unpaired) electrons. The van der Waals surface area contributed by atoms with Gasteiger partial charge in [0, 0.05) is 38.5 Å². The van der Waals surface area contributed by atoms with Gasteiger partial charge in [0.2, 0.25) is 0 Å². The zero-order chi connectivity index (χ0) is 20.9. The van der Waals surface area contributed by atoms with E-state index in [1.54, 1.807) is 0 Å². The molecule has 1 aromatic carbocycles. The van der Waals surface area contributed by atoms with Crippen molar-refractivity contribution in [3.05, 3.63) is 39.8 Å². The molecule has 0 bridgehead atoms. The minimum Gasteiger partial charge on any atom is -0.486 e. The maximum Gasteiger partial charge on any atom is 0.434 e. The predicted octanol–water partition coefficient (Wildman–Crippen LogP) is 4.19. The van der Waals surface area contributed by atoms with Crippen molar-refractivity contribution in [2.24, 2.45) is 4.99 Å². The molecule has 2 heterocycles. The number of fused-ring (bicyclic) bond motifs is 1. The van der Waals surface area contributed by atoms with E-state index in [0.29, 0.717) is 50.2 Å². The van der Waals surface area contributed by atoms with Gasteiger partial charge in [0.05, 0.1) is 5.01 Å². The van der Waals surface area contributed by atoms with Gasteiger partial charge < -0.3 is 19.7 Å². The number of hydrogen-bond acceptors (Lipinski definition) is 5. The molecule has 3 rings (SSSR count). The fourth-order valence-corrected chi connectivity index (χ4v) is 3.61. The second kappa shape index (κ2) is 11.0. The lowest BCUT2D eigenvalue weighted by Crippen LogP contribution is -2.38. The van der Waals surface area contributed by atoms with Crippen molar-refractivity contribution >= 4 is 41.3 Å². The quantitative estimate of drug-likeness (QED) is 0.329. The molecule has 1 N–H and O–H groups in total. The SMILES string of the molecule is CCNC(=NCCc1nc(C(F)(F)F)cs1)N(C)Cc1ccc2c(c1)OCCO2.I. The highest BCUT2D eigenvalue weighted by Gasteiger charge is 2.33. The average Bonchev–Trinajstić information content (AvgIpc) is 3.16. The van der Waals surface area contributed by atoms with Crippen LogP contribution in [0.25, 0.3) is 0 Å². The monoisotopic (exact) mass is 556 g/mol. The van der Waals surface area contributed by atoms with Crippen molar-refractivity contribution in [1.82, 2.24) is 15.2 Å². The summed E-state index contributed by atoms with van der Waals surface area (Å²) in [6.07, 6.45) is -4.05. The Hall–Kier alpha value is -1.76. The zero-order valence-corrected chi connectivity index (χ0v) is 19.8. The number of thiazole rings is 1. The lowest BCUT2D eigenvalue weighted by Gasteiger charge is -2.23. The van der Waals surface area contributed by atoms with Crippen LogP contribution in [-0.4, -0.2) is 49.2 Å². The smallest absolute Gasteiger partial charge is 0.434 e. The van der Waals surface area contributed by atoms with Crippen LogP contribution in [0.1, 0.15) is 23.2 Å². The number of hydrogen-bond donors (Lipinski definition) is 1. The highest BCUT2D eigenvalue weighted by atomic mass is 127. The maximum atomic E-state index is 12.7. The maximum absolute atomic E-state index is 12.7. The first-order chi connectivity index (χ1) is 13.9. The molecule has 1 aromatic heterocycles. The van der Waals surface area contributed by atoms with Crippen molar-refractivity contribution in [1.29, 1.82) is 0 Å². The second-order valence-corrected chi connectivity index (χ2v) is 7.39. The number of nitrogens with one attached hydrogen (secondary N) is 1. The summed E-state index contributed by atoms with van der Waals surface area (Å²) in [5.74, 6) is 2.15. The van der Waals surface area contributed by atoms with Gasteiger partial charge in [-0.2, -0.15) is 13.2 Å². The van der Waals surface area contributed by atoms with E-state index in [1.807, 2.05) is 37.1 Å². The first-order valence-electron chi connectivity index (χ1n) is 9.26. The molecule has 166 valence electrons. The summed E-state index contributed by atoms with van der Waals surface area (Å²) in [5, 5.41) is 4.67. The number of ether oxygens (including phenoxy) is 2. The fourth-order valence-electron chi connectivity index (χ4n) is 2.82. The molecule has 11 heteroatoms. The van der Waals surface area contributed by atoms with Crippen LogP contribution in [0, 0.1) is 0 Å². The van der Waals surface area contributed by atoms with Gasteiger partial charge in [0.1, 0.15) is 13.2 Å². The van der Waals surface area contributed by atoms with Gasteiger partial charge in [0.25, 0.3) is 0 Å². The third-order valence-electron chi connectivity index (χ3n) is 4.15. The van der Waals surface area contributed by atoms with Gasteiger partial charge in [-0.1, -0.05) is 6.07 Å². The van der Waals surface area contributed by atoms with Crippen LogP contribution in [0.5, 0.6) is 11.5 Å². The highest BCUT2D eigenvalue weighted by Crippen LogP contribution is 2.31.